The summed E-state index contributed by atoms with van der Waals surface area (Å²) in [5, 5.41) is 18.5. The lowest BCUT2D eigenvalue weighted by Gasteiger charge is -2.18. The molecule has 4 heteroatoms. The molecule has 1 unspecified atom stereocenters. The van der Waals surface area contributed by atoms with Crippen LogP contribution in [0.2, 0.25) is 0 Å². The predicted octanol–water partition coefficient (Wildman–Crippen LogP) is -0.321. The van der Waals surface area contributed by atoms with Gasteiger partial charge in [-0.05, 0) is 19.4 Å². The molecule has 1 rings (SSSR count). The minimum absolute atomic E-state index is 0.140. The molecule has 4 nitrogen and oxygen atoms in total. The molecule has 0 bridgehead atoms. The minimum Gasteiger partial charge on any atom is -0.481 e. The molecular weight excluding hydrogens is 146 g/mol. The molecule has 0 spiro atoms. The molecular formula is C7H15NO3. The van der Waals surface area contributed by atoms with Crippen molar-refractivity contribution in [2.24, 2.45) is 5.92 Å². The molecule has 11 heavy (non-hydrogen) atoms. The summed E-state index contributed by atoms with van der Waals surface area (Å²) in [4.78, 5) is 10.3. The second-order valence-electron chi connectivity index (χ2n) is 2.38. The van der Waals surface area contributed by atoms with Gasteiger partial charge in [0, 0.05) is 13.7 Å². The van der Waals surface area contributed by atoms with E-state index in [0.29, 0.717) is 6.54 Å². The van der Waals surface area contributed by atoms with E-state index in [2.05, 4.69) is 5.32 Å². The maximum Gasteiger partial charge on any atom is 0.307 e. The van der Waals surface area contributed by atoms with E-state index in [1.165, 1.54) is 0 Å². The van der Waals surface area contributed by atoms with Crippen molar-refractivity contribution in [2.45, 2.75) is 12.8 Å². The zero-order valence-electron chi connectivity index (χ0n) is 6.71. The normalized spacial score (nSPS) is 23.3. The zero-order valence-corrected chi connectivity index (χ0v) is 6.71. The van der Waals surface area contributed by atoms with Gasteiger partial charge in [-0.15, -0.1) is 0 Å². The maximum absolute atomic E-state index is 10.3. The van der Waals surface area contributed by atoms with Gasteiger partial charge in [-0.2, -0.15) is 0 Å². The number of carboxylic acids is 1. The summed E-state index contributed by atoms with van der Waals surface area (Å²) >= 11 is 0. The molecule has 3 N–H and O–H groups in total. The van der Waals surface area contributed by atoms with Crippen molar-refractivity contribution in [2.75, 3.05) is 20.2 Å². The molecule has 1 aliphatic heterocycles. The summed E-state index contributed by atoms with van der Waals surface area (Å²) in [6.07, 6.45) is 1.83. The standard InChI is InChI=1S/C6H11NO2.CH4O/c8-6(9)5-2-1-3-7-4-5;1-2/h5,7H,1-4H2,(H,8,9);2H,1H3. The van der Waals surface area contributed by atoms with Crippen molar-refractivity contribution in [3.8, 4) is 0 Å². The Hall–Kier alpha value is -0.610. The third-order valence-corrected chi connectivity index (χ3v) is 1.65. The largest absolute Gasteiger partial charge is 0.481 e. The average molecular weight is 161 g/mol. The van der Waals surface area contributed by atoms with Crippen LogP contribution in [0.25, 0.3) is 0 Å². The van der Waals surface area contributed by atoms with Crippen molar-refractivity contribution >= 4 is 5.97 Å². The molecule has 1 aliphatic rings. The van der Waals surface area contributed by atoms with Crippen LogP contribution in [-0.2, 0) is 4.79 Å². The zero-order chi connectivity index (χ0) is 8.69. The fraction of sp³-hybridized carbons (Fsp3) is 0.857. The highest BCUT2D eigenvalue weighted by molar-refractivity contribution is 5.70. The van der Waals surface area contributed by atoms with Crippen LogP contribution in [0.1, 0.15) is 12.8 Å². The lowest BCUT2D eigenvalue weighted by Crippen LogP contribution is -2.34. The van der Waals surface area contributed by atoms with Gasteiger partial charge in [0.15, 0.2) is 0 Å². The highest BCUT2D eigenvalue weighted by Crippen LogP contribution is 2.08. The van der Waals surface area contributed by atoms with Gasteiger partial charge in [0.2, 0.25) is 0 Å². The quantitative estimate of drug-likeness (QED) is 0.493. The summed E-state index contributed by atoms with van der Waals surface area (Å²) in [5.74, 6) is -0.805. The van der Waals surface area contributed by atoms with Gasteiger partial charge in [0.25, 0.3) is 0 Å². The van der Waals surface area contributed by atoms with Gasteiger partial charge < -0.3 is 15.5 Å². The molecule has 1 atom stereocenters. The highest BCUT2D eigenvalue weighted by atomic mass is 16.4. The number of carboxylic acid groups (broad SMARTS) is 1. The van der Waals surface area contributed by atoms with Crippen LogP contribution in [0.5, 0.6) is 0 Å². The van der Waals surface area contributed by atoms with Crippen molar-refractivity contribution in [3.05, 3.63) is 0 Å². The number of nitrogens with one attached hydrogen (secondary N) is 1. The number of aliphatic hydroxyl groups excluding tert-OH is 1. The second kappa shape index (κ2) is 6.12. The topological polar surface area (TPSA) is 69.6 Å². The molecule has 0 amide bonds. The first-order valence-corrected chi connectivity index (χ1v) is 3.69. The Balaban J connectivity index is 0.000000461. The molecule has 0 radical (unpaired) electrons. The average Bonchev–Trinajstić information content (AvgIpc) is 2.10. The Morgan fingerprint density at radius 1 is 1.55 bits per heavy atom. The number of rotatable bonds is 1. The van der Waals surface area contributed by atoms with Crippen LogP contribution in [0, 0.1) is 5.92 Å². The maximum atomic E-state index is 10.3. The van der Waals surface area contributed by atoms with Gasteiger partial charge in [0.1, 0.15) is 0 Å². The monoisotopic (exact) mass is 161 g/mol. The van der Waals surface area contributed by atoms with Crippen molar-refractivity contribution < 1.29 is 15.0 Å². The molecule has 0 aromatic carbocycles. The van der Waals surface area contributed by atoms with E-state index in [-0.39, 0.29) is 5.92 Å². The molecule has 66 valence electrons. The first-order valence-electron chi connectivity index (χ1n) is 3.69. The molecule has 1 fully saturated rings. The Kier molecular flexibility index (Phi) is 5.78. The Bertz CT molecular complexity index is 110. The molecule has 0 aromatic heterocycles. The number of carbonyl (C=O) groups is 1. The Morgan fingerprint density at radius 3 is 2.45 bits per heavy atom. The van der Waals surface area contributed by atoms with Crippen LogP contribution in [0.15, 0.2) is 0 Å². The third-order valence-electron chi connectivity index (χ3n) is 1.65. The lowest BCUT2D eigenvalue weighted by molar-refractivity contribution is -0.142. The van der Waals surface area contributed by atoms with E-state index < -0.39 is 5.97 Å². The van der Waals surface area contributed by atoms with Crippen LogP contribution >= 0.6 is 0 Å². The summed E-state index contributed by atoms with van der Waals surface area (Å²) in [6.45, 7) is 1.62. The van der Waals surface area contributed by atoms with Crippen LogP contribution in [0.3, 0.4) is 0 Å². The molecule has 0 aliphatic carbocycles. The third kappa shape index (κ3) is 3.95. The summed E-state index contributed by atoms with van der Waals surface area (Å²) in [5.41, 5.74) is 0. The number of aliphatic hydroxyl groups is 1. The number of aliphatic carboxylic acids is 1. The fourth-order valence-corrected chi connectivity index (χ4v) is 1.06. The van der Waals surface area contributed by atoms with Gasteiger partial charge >= 0.3 is 5.97 Å². The minimum atomic E-state index is -0.665. The molecule has 1 heterocycles. The molecule has 1 saturated heterocycles. The Labute approximate surface area is 66.2 Å². The van der Waals surface area contributed by atoms with Crippen LogP contribution in [0.4, 0.5) is 0 Å². The number of piperidine rings is 1. The lowest BCUT2D eigenvalue weighted by atomic mass is 10.0. The van der Waals surface area contributed by atoms with E-state index in [0.717, 1.165) is 26.5 Å². The van der Waals surface area contributed by atoms with E-state index in [4.69, 9.17) is 10.2 Å². The highest BCUT2D eigenvalue weighted by Gasteiger charge is 2.18. The summed E-state index contributed by atoms with van der Waals surface area (Å²) in [7, 11) is 1.00. The Morgan fingerprint density at radius 2 is 2.18 bits per heavy atom. The van der Waals surface area contributed by atoms with Gasteiger partial charge in [-0.1, -0.05) is 0 Å². The summed E-state index contributed by atoms with van der Waals surface area (Å²) in [6, 6.07) is 0. The second-order valence-corrected chi connectivity index (χ2v) is 2.38. The van der Waals surface area contributed by atoms with E-state index in [9.17, 15) is 4.79 Å². The van der Waals surface area contributed by atoms with Crippen molar-refractivity contribution in [1.82, 2.24) is 5.32 Å². The first kappa shape index (κ1) is 10.4. The number of hydrogen-bond donors (Lipinski definition) is 3. The SMILES string of the molecule is CO.O=C(O)C1CCCNC1. The van der Waals surface area contributed by atoms with Gasteiger partial charge in [-0.25, -0.2) is 0 Å². The van der Waals surface area contributed by atoms with Gasteiger partial charge in [-0.3, -0.25) is 4.79 Å². The van der Waals surface area contributed by atoms with Gasteiger partial charge in [0.05, 0.1) is 5.92 Å². The van der Waals surface area contributed by atoms with E-state index in [1.54, 1.807) is 0 Å². The van der Waals surface area contributed by atoms with Crippen LogP contribution < -0.4 is 5.32 Å². The molecule has 0 saturated carbocycles. The fourth-order valence-electron chi connectivity index (χ4n) is 1.06. The number of hydrogen-bond acceptors (Lipinski definition) is 3. The van der Waals surface area contributed by atoms with Crippen molar-refractivity contribution in [1.29, 1.82) is 0 Å². The summed E-state index contributed by atoms with van der Waals surface area (Å²) < 4.78 is 0. The predicted molar refractivity (Wildman–Crippen MR) is 41.4 cm³/mol. The van der Waals surface area contributed by atoms with E-state index >= 15 is 0 Å². The first-order chi connectivity index (χ1) is 5.30. The van der Waals surface area contributed by atoms with Crippen LogP contribution in [-0.4, -0.2) is 36.4 Å². The van der Waals surface area contributed by atoms with E-state index in [1.807, 2.05) is 0 Å². The van der Waals surface area contributed by atoms with Crippen molar-refractivity contribution in [3.63, 3.8) is 0 Å². The molecule has 0 aromatic rings. The smallest absolute Gasteiger partial charge is 0.307 e.